The Labute approximate surface area is 147 Å². The first-order chi connectivity index (χ1) is 12.2. The van der Waals surface area contributed by atoms with Crippen molar-refractivity contribution in [3.8, 4) is 11.4 Å². The Balaban J connectivity index is 1.82. The molecule has 0 fully saturated rings. The van der Waals surface area contributed by atoms with E-state index in [4.69, 9.17) is 0 Å². The van der Waals surface area contributed by atoms with Crippen molar-refractivity contribution in [3.63, 3.8) is 0 Å². The fraction of sp³-hybridized carbons (Fsp3) is 0.222. The van der Waals surface area contributed by atoms with E-state index in [0.29, 0.717) is 5.56 Å². The van der Waals surface area contributed by atoms with Crippen LogP contribution in [0.1, 0.15) is 27.0 Å². The molecule has 1 aromatic heterocycles. The zero-order chi connectivity index (χ0) is 18.9. The Kier molecular flexibility index (Phi) is 4.58. The number of carbonyl (C=O) groups excluding carboxylic acids is 1. The van der Waals surface area contributed by atoms with Gasteiger partial charge in [0.2, 0.25) is 5.82 Å². The summed E-state index contributed by atoms with van der Waals surface area (Å²) in [5.74, 6) is -0.163. The van der Waals surface area contributed by atoms with Crippen molar-refractivity contribution < 1.29 is 18.0 Å². The van der Waals surface area contributed by atoms with Crippen LogP contribution in [0, 0.1) is 13.8 Å². The molecule has 0 atom stereocenters. The maximum Gasteiger partial charge on any atom is 0.416 e. The number of alkyl halides is 3. The summed E-state index contributed by atoms with van der Waals surface area (Å²) in [6, 6.07) is 10.2. The van der Waals surface area contributed by atoms with Gasteiger partial charge in [-0.25, -0.2) is 0 Å². The summed E-state index contributed by atoms with van der Waals surface area (Å²) in [4.78, 5) is 13.5. The van der Waals surface area contributed by atoms with Gasteiger partial charge in [-0.1, -0.05) is 29.8 Å². The SMILES string of the molecule is Cc1ccc(C)c(C(=O)Cn2nnc(-c3cccc(C(F)(F)F)c3)n2)c1. The average molecular weight is 360 g/mol. The third-order valence-corrected chi connectivity index (χ3v) is 3.88. The zero-order valence-electron chi connectivity index (χ0n) is 14.1. The minimum Gasteiger partial charge on any atom is -0.292 e. The number of hydrogen-bond acceptors (Lipinski definition) is 4. The van der Waals surface area contributed by atoms with E-state index in [-0.39, 0.29) is 23.7 Å². The van der Waals surface area contributed by atoms with Gasteiger partial charge in [0.05, 0.1) is 5.56 Å². The Morgan fingerprint density at radius 2 is 1.88 bits per heavy atom. The highest BCUT2D eigenvalue weighted by Crippen LogP contribution is 2.31. The molecule has 0 saturated heterocycles. The van der Waals surface area contributed by atoms with Crippen molar-refractivity contribution in [2.75, 3.05) is 0 Å². The Bertz CT molecular complexity index is 963. The molecule has 3 rings (SSSR count). The van der Waals surface area contributed by atoms with E-state index < -0.39 is 11.7 Å². The van der Waals surface area contributed by atoms with E-state index in [2.05, 4.69) is 15.4 Å². The summed E-state index contributed by atoms with van der Waals surface area (Å²) in [6.07, 6.45) is -4.45. The largest absolute Gasteiger partial charge is 0.416 e. The lowest BCUT2D eigenvalue weighted by Crippen LogP contribution is -2.14. The fourth-order valence-corrected chi connectivity index (χ4v) is 2.51. The first kappa shape index (κ1) is 17.8. The molecule has 0 bridgehead atoms. The Hall–Kier alpha value is -3.03. The second-order valence-electron chi connectivity index (χ2n) is 5.96. The van der Waals surface area contributed by atoms with Crippen LogP contribution in [-0.4, -0.2) is 26.0 Å². The molecular weight excluding hydrogens is 345 g/mol. The number of benzene rings is 2. The van der Waals surface area contributed by atoms with Gasteiger partial charge in [0.1, 0.15) is 6.54 Å². The first-order valence-electron chi connectivity index (χ1n) is 7.80. The molecule has 134 valence electrons. The van der Waals surface area contributed by atoms with Gasteiger partial charge in [-0.05, 0) is 42.8 Å². The number of Topliss-reactive ketones (excluding diaryl/α,β-unsaturated/α-hetero) is 1. The molecule has 0 aliphatic carbocycles. The number of halogens is 3. The smallest absolute Gasteiger partial charge is 0.292 e. The number of aryl methyl sites for hydroxylation is 2. The lowest BCUT2D eigenvalue weighted by molar-refractivity contribution is -0.137. The summed E-state index contributed by atoms with van der Waals surface area (Å²) in [5.41, 5.74) is 1.74. The van der Waals surface area contributed by atoms with Crippen molar-refractivity contribution in [2.45, 2.75) is 26.6 Å². The van der Waals surface area contributed by atoms with Crippen LogP contribution in [-0.2, 0) is 12.7 Å². The number of tetrazole rings is 1. The summed E-state index contributed by atoms with van der Waals surface area (Å²) in [6.45, 7) is 3.57. The third-order valence-electron chi connectivity index (χ3n) is 3.88. The molecule has 0 spiro atoms. The number of aromatic nitrogens is 4. The average Bonchev–Trinajstić information content (AvgIpc) is 3.05. The maximum absolute atomic E-state index is 12.8. The van der Waals surface area contributed by atoms with Crippen LogP contribution < -0.4 is 0 Å². The number of carbonyl (C=O) groups is 1. The normalized spacial score (nSPS) is 11.6. The minimum atomic E-state index is -4.45. The Morgan fingerprint density at radius 3 is 2.62 bits per heavy atom. The van der Waals surface area contributed by atoms with Crippen molar-refractivity contribution in [1.29, 1.82) is 0 Å². The molecule has 8 heteroatoms. The molecule has 3 aromatic rings. The monoisotopic (exact) mass is 360 g/mol. The highest BCUT2D eigenvalue weighted by atomic mass is 19.4. The predicted octanol–water partition coefficient (Wildman–Crippen LogP) is 3.86. The third kappa shape index (κ3) is 3.79. The molecule has 0 amide bonds. The van der Waals surface area contributed by atoms with Crippen LogP contribution in [0.5, 0.6) is 0 Å². The summed E-state index contributed by atoms with van der Waals surface area (Å²) >= 11 is 0. The van der Waals surface area contributed by atoms with Crippen molar-refractivity contribution in [2.24, 2.45) is 0 Å². The minimum absolute atomic E-state index is 0.0323. The molecule has 0 aliphatic rings. The van der Waals surface area contributed by atoms with Crippen LogP contribution in [0.2, 0.25) is 0 Å². The molecule has 0 saturated carbocycles. The topological polar surface area (TPSA) is 60.7 Å². The van der Waals surface area contributed by atoms with E-state index in [9.17, 15) is 18.0 Å². The molecule has 5 nitrogen and oxygen atoms in total. The molecule has 1 heterocycles. The second kappa shape index (κ2) is 6.70. The van der Waals surface area contributed by atoms with E-state index in [1.54, 1.807) is 6.07 Å². The molecule has 0 radical (unpaired) electrons. The van der Waals surface area contributed by atoms with Gasteiger partial charge in [-0.15, -0.1) is 10.2 Å². The summed E-state index contributed by atoms with van der Waals surface area (Å²) in [5, 5.41) is 11.6. The Morgan fingerprint density at radius 1 is 1.12 bits per heavy atom. The summed E-state index contributed by atoms with van der Waals surface area (Å²) in [7, 11) is 0. The lowest BCUT2D eigenvalue weighted by atomic mass is 10.0. The van der Waals surface area contributed by atoms with Gasteiger partial charge >= 0.3 is 6.18 Å². The van der Waals surface area contributed by atoms with E-state index in [0.717, 1.165) is 28.1 Å². The van der Waals surface area contributed by atoms with Crippen LogP contribution in [0.15, 0.2) is 42.5 Å². The molecule has 0 N–H and O–H groups in total. The van der Waals surface area contributed by atoms with Gasteiger partial charge in [-0.3, -0.25) is 4.79 Å². The summed E-state index contributed by atoms with van der Waals surface area (Å²) < 4.78 is 38.4. The zero-order valence-corrected chi connectivity index (χ0v) is 14.1. The van der Waals surface area contributed by atoms with Crippen molar-refractivity contribution in [3.05, 3.63) is 64.7 Å². The highest BCUT2D eigenvalue weighted by Gasteiger charge is 2.30. The second-order valence-corrected chi connectivity index (χ2v) is 5.96. The van der Waals surface area contributed by atoms with Crippen LogP contribution >= 0.6 is 0 Å². The quantitative estimate of drug-likeness (QED) is 0.663. The van der Waals surface area contributed by atoms with Gasteiger partial charge in [-0.2, -0.15) is 18.0 Å². The number of hydrogen-bond donors (Lipinski definition) is 0. The van der Waals surface area contributed by atoms with Crippen LogP contribution in [0.4, 0.5) is 13.2 Å². The van der Waals surface area contributed by atoms with Crippen molar-refractivity contribution in [1.82, 2.24) is 20.2 Å². The lowest BCUT2D eigenvalue weighted by Gasteiger charge is -2.06. The molecule has 0 unspecified atom stereocenters. The molecule has 2 aromatic carbocycles. The molecule has 26 heavy (non-hydrogen) atoms. The van der Waals surface area contributed by atoms with Gasteiger partial charge < -0.3 is 0 Å². The molecular formula is C18H15F3N4O. The number of nitrogens with zero attached hydrogens (tertiary/aromatic N) is 4. The van der Waals surface area contributed by atoms with Gasteiger partial charge in [0.25, 0.3) is 0 Å². The first-order valence-corrected chi connectivity index (χ1v) is 7.80. The van der Waals surface area contributed by atoms with Gasteiger partial charge in [0.15, 0.2) is 5.78 Å². The number of rotatable bonds is 4. The van der Waals surface area contributed by atoms with E-state index in [1.165, 1.54) is 12.1 Å². The highest BCUT2D eigenvalue weighted by molar-refractivity contribution is 5.97. The van der Waals surface area contributed by atoms with Crippen molar-refractivity contribution >= 4 is 5.78 Å². The van der Waals surface area contributed by atoms with E-state index in [1.807, 2.05) is 26.0 Å². The van der Waals surface area contributed by atoms with Crippen LogP contribution in [0.25, 0.3) is 11.4 Å². The number of ketones is 1. The van der Waals surface area contributed by atoms with E-state index >= 15 is 0 Å². The fourth-order valence-electron chi connectivity index (χ4n) is 2.51. The maximum atomic E-state index is 12.8. The van der Waals surface area contributed by atoms with Crippen LogP contribution in [0.3, 0.4) is 0 Å². The van der Waals surface area contributed by atoms with Gasteiger partial charge in [0, 0.05) is 11.1 Å². The molecule has 0 aliphatic heterocycles. The predicted molar refractivity (Wildman–Crippen MR) is 88.5 cm³/mol. The standard InChI is InChI=1S/C18H15F3N4O/c1-11-6-7-12(2)15(8-11)16(26)10-25-23-17(22-24-25)13-4-3-5-14(9-13)18(19,20)21/h3-9H,10H2,1-2H3.